The number of hydrogen-bond donors (Lipinski definition) is 0. The van der Waals surface area contributed by atoms with Crippen molar-refractivity contribution < 1.29 is 9.59 Å². The van der Waals surface area contributed by atoms with Gasteiger partial charge in [0.2, 0.25) is 5.24 Å². The van der Waals surface area contributed by atoms with Gasteiger partial charge in [0.15, 0.2) is 11.7 Å². The summed E-state index contributed by atoms with van der Waals surface area (Å²) in [5, 5.41) is 7.39. The molecule has 0 aromatic carbocycles. The summed E-state index contributed by atoms with van der Waals surface area (Å²) in [4.78, 5) is 21.4. The molecule has 0 aromatic rings. The summed E-state index contributed by atoms with van der Waals surface area (Å²) < 4.78 is 0. The maximum Gasteiger partial charge on any atom is 0.246 e. The predicted molar refractivity (Wildman–Crippen MR) is 43.0 cm³/mol. The van der Waals surface area contributed by atoms with Crippen LogP contribution in [0, 0.1) is 29.6 Å². The largest absolute Gasteiger partial charge is 0.298 e. The van der Waals surface area contributed by atoms with E-state index in [0.717, 1.165) is 0 Å². The summed E-state index contributed by atoms with van der Waals surface area (Å²) in [7, 11) is 0. The molecule has 0 heterocycles. The van der Waals surface area contributed by atoms with E-state index in [4.69, 9.17) is 23.3 Å². The lowest BCUT2D eigenvalue weighted by Crippen LogP contribution is -2.18. The SMILES string of the molecule is C#CCCC(=O)C(C#N)C(=O)Cl. The molecule has 1 unspecified atom stereocenters. The van der Waals surface area contributed by atoms with Crippen molar-refractivity contribution in [1.29, 1.82) is 5.26 Å². The third-order valence-electron chi connectivity index (χ3n) is 1.19. The number of nitrogens with zero attached hydrogens (tertiary/aromatic N) is 1. The Morgan fingerprint density at radius 2 is 2.17 bits per heavy atom. The van der Waals surface area contributed by atoms with Crippen LogP contribution in [0.4, 0.5) is 0 Å². The van der Waals surface area contributed by atoms with Crippen LogP contribution in [0.2, 0.25) is 0 Å². The zero-order chi connectivity index (χ0) is 9.56. The number of terminal acetylenes is 1. The molecule has 62 valence electrons. The highest BCUT2D eigenvalue weighted by atomic mass is 35.5. The molecule has 0 saturated carbocycles. The molecule has 12 heavy (non-hydrogen) atoms. The Morgan fingerprint density at radius 3 is 2.50 bits per heavy atom. The molecule has 0 saturated heterocycles. The van der Waals surface area contributed by atoms with E-state index in [1.807, 2.05) is 0 Å². The molecule has 4 heteroatoms. The first kappa shape index (κ1) is 10.7. The molecule has 0 aromatic heterocycles. The normalized spacial score (nSPS) is 10.9. The average Bonchev–Trinajstić information content (AvgIpc) is 2.01. The molecule has 0 bridgehead atoms. The van der Waals surface area contributed by atoms with Crippen LogP contribution in [0.3, 0.4) is 0 Å². The zero-order valence-corrected chi connectivity index (χ0v) is 6.97. The van der Waals surface area contributed by atoms with Crippen molar-refractivity contribution >= 4 is 22.6 Å². The second kappa shape index (κ2) is 5.35. The standard InChI is InChI=1S/C8H6ClNO2/c1-2-3-4-7(11)6(5-10)8(9)12/h1,6H,3-4H2. The van der Waals surface area contributed by atoms with Crippen LogP contribution in [-0.4, -0.2) is 11.0 Å². The van der Waals surface area contributed by atoms with Crippen molar-refractivity contribution in [1.82, 2.24) is 0 Å². The summed E-state index contributed by atoms with van der Waals surface area (Å²) in [5.41, 5.74) is 0. The van der Waals surface area contributed by atoms with E-state index >= 15 is 0 Å². The van der Waals surface area contributed by atoms with Crippen LogP contribution in [0.1, 0.15) is 12.8 Å². The van der Waals surface area contributed by atoms with Crippen molar-refractivity contribution in [2.24, 2.45) is 5.92 Å². The van der Waals surface area contributed by atoms with Crippen LogP contribution < -0.4 is 0 Å². The van der Waals surface area contributed by atoms with Crippen molar-refractivity contribution in [3.05, 3.63) is 0 Å². The smallest absolute Gasteiger partial charge is 0.246 e. The minimum Gasteiger partial charge on any atom is -0.298 e. The van der Waals surface area contributed by atoms with E-state index in [9.17, 15) is 9.59 Å². The second-order valence-electron chi connectivity index (χ2n) is 2.04. The summed E-state index contributed by atoms with van der Waals surface area (Å²) >= 11 is 4.98. The maximum absolute atomic E-state index is 11.0. The maximum atomic E-state index is 11.0. The van der Waals surface area contributed by atoms with Gasteiger partial charge in [-0.15, -0.1) is 12.3 Å². The number of carbonyl (C=O) groups excluding carboxylic acids is 2. The molecule has 0 rings (SSSR count). The highest BCUT2D eigenvalue weighted by Crippen LogP contribution is 2.06. The first-order valence-corrected chi connectivity index (χ1v) is 3.56. The van der Waals surface area contributed by atoms with Gasteiger partial charge in [0.1, 0.15) is 0 Å². The van der Waals surface area contributed by atoms with Gasteiger partial charge in [0.25, 0.3) is 0 Å². The lowest BCUT2D eigenvalue weighted by Gasteiger charge is -1.98. The number of carbonyl (C=O) groups is 2. The van der Waals surface area contributed by atoms with Crippen molar-refractivity contribution in [2.75, 3.05) is 0 Å². The monoisotopic (exact) mass is 183 g/mol. The van der Waals surface area contributed by atoms with Crippen molar-refractivity contribution in [2.45, 2.75) is 12.8 Å². The van der Waals surface area contributed by atoms with Gasteiger partial charge >= 0.3 is 0 Å². The van der Waals surface area contributed by atoms with E-state index in [1.165, 1.54) is 6.07 Å². The first-order chi connectivity index (χ1) is 5.63. The van der Waals surface area contributed by atoms with E-state index < -0.39 is 16.9 Å². The number of halogens is 1. The Bertz CT molecular complexity index is 272. The molecule has 0 radical (unpaired) electrons. The molecule has 1 atom stereocenters. The number of rotatable bonds is 4. The van der Waals surface area contributed by atoms with Gasteiger partial charge in [-0.2, -0.15) is 5.26 Å². The summed E-state index contributed by atoms with van der Waals surface area (Å²) in [6.07, 6.45) is 5.14. The molecule has 0 fully saturated rings. The molecule has 0 aliphatic rings. The van der Waals surface area contributed by atoms with Gasteiger partial charge in [-0.25, -0.2) is 0 Å². The Hall–Kier alpha value is -1.32. The Morgan fingerprint density at radius 1 is 1.58 bits per heavy atom. The summed E-state index contributed by atoms with van der Waals surface area (Å²) in [6.45, 7) is 0. The minimum atomic E-state index is -1.36. The molecular weight excluding hydrogens is 178 g/mol. The Balaban J connectivity index is 4.18. The number of ketones is 1. The van der Waals surface area contributed by atoms with E-state index in [1.54, 1.807) is 0 Å². The highest BCUT2D eigenvalue weighted by Gasteiger charge is 2.23. The number of hydrogen-bond acceptors (Lipinski definition) is 3. The molecule has 0 aliphatic carbocycles. The Labute approximate surface area is 75.3 Å². The second-order valence-corrected chi connectivity index (χ2v) is 2.41. The fraction of sp³-hybridized carbons (Fsp3) is 0.375. The third kappa shape index (κ3) is 3.18. The van der Waals surface area contributed by atoms with Crippen LogP contribution in [0.5, 0.6) is 0 Å². The lowest BCUT2D eigenvalue weighted by atomic mass is 10.0. The van der Waals surface area contributed by atoms with Crippen LogP contribution in [0.15, 0.2) is 0 Å². The third-order valence-corrected chi connectivity index (χ3v) is 1.41. The predicted octanol–water partition coefficient (Wildman–Crippen LogP) is 0.874. The molecule has 3 nitrogen and oxygen atoms in total. The van der Waals surface area contributed by atoms with E-state index in [0.29, 0.717) is 0 Å². The number of nitriles is 1. The quantitative estimate of drug-likeness (QED) is 0.369. The molecule has 0 N–H and O–H groups in total. The summed E-state index contributed by atoms with van der Waals surface area (Å²) in [6, 6.07) is 1.51. The van der Waals surface area contributed by atoms with Gasteiger partial charge < -0.3 is 0 Å². The van der Waals surface area contributed by atoms with Crippen LogP contribution in [-0.2, 0) is 9.59 Å². The zero-order valence-electron chi connectivity index (χ0n) is 6.21. The van der Waals surface area contributed by atoms with E-state index in [2.05, 4.69) is 5.92 Å². The van der Waals surface area contributed by atoms with E-state index in [-0.39, 0.29) is 12.8 Å². The van der Waals surface area contributed by atoms with Gasteiger partial charge in [-0.3, -0.25) is 9.59 Å². The minimum absolute atomic E-state index is 0.0210. The fourth-order valence-corrected chi connectivity index (χ4v) is 0.760. The molecule has 0 aliphatic heterocycles. The highest BCUT2D eigenvalue weighted by molar-refractivity contribution is 6.66. The topological polar surface area (TPSA) is 57.9 Å². The van der Waals surface area contributed by atoms with Gasteiger partial charge in [-0.05, 0) is 11.6 Å². The van der Waals surface area contributed by atoms with Crippen LogP contribution >= 0.6 is 11.6 Å². The van der Waals surface area contributed by atoms with Gasteiger partial charge in [-0.1, -0.05) is 0 Å². The fourth-order valence-electron chi connectivity index (χ4n) is 0.589. The Kier molecular flexibility index (Phi) is 4.76. The number of Topliss-reactive ketones (excluding diaryl/α,β-unsaturated/α-hetero) is 1. The van der Waals surface area contributed by atoms with Crippen LogP contribution in [0.25, 0.3) is 0 Å². The molecule has 0 spiro atoms. The van der Waals surface area contributed by atoms with Crippen molar-refractivity contribution in [3.8, 4) is 18.4 Å². The van der Waals surface area contributed by atoms with Gasteiger partial charge in [0, 0.05) is 12.8 Å². The first-order valence-electron chi connectivity index (χ1n) is 3.18. The lowest BCUT2D eigenvalue weighted by molar-refractivity contribution is -0.126. The van der Waals surface area contributed by atoms with Gasteiger partial charge in [0.05, 0.1) is 6.07 Å². The molecular formula is C8H6ClNO2. The molecule has 0 amide bonds. The summed E-state index contributed by atoms with van der Waals surface area (Å²) in [5.74, 6) is 0.353. The average molecular weight is 184 g/mol. The van der Waals surface area contributed by atoms with Crippen molar-refractivity contribution in [3.63, 3.8) is 0 Å².